The Morgan fingerprint density at radius 3 is 2.55 bits per heavy atom. The number of piperidine rings is 1. The Kier molecular flexibility index (Phi) is 3.78. The topological polar surface area (TPSA) is 57.6 Å². The second-order valence-corrected chi connectivity index (χ2v) is 6.81. The Morgan fingerprint density at radius 1 is 1.20 bits per heavy atom. The minimum absolute atomic E-state index is 0.0910. The summed E-state index contributed by atoms with van der Waals surface area (Å²) in [5.41, 5.74) is 1.35. The molecule has 0 aromatic carbocycles. The third-order valence-corrected chi connectivity index (χ3v) is 5.56. The molecule has 1 saturated heterocycles. The Hall–Kier alpha value is -1.36. The molecule has 108 valence electrons. The van der Waals surface area contributed by atoms with Crippen molar-refractivity contribution in [1.82, 2.24) is 4.90 Å². The normalized spacial score (nSPS) is 19.7. The lowest BCUT2D eigenvalue weighted by Crippen LogP contribution is -2.39. The van der Waals surface area contributed by atoms with Crippen LogP contribution in [0.1, 0.15) is 45.8 Å². The SMILES string of the molecule is O=C(O)C1CCN(C(=O)c2cc3c(s2)CCCC3)CC1. The number of rotatable bonds is 2. The molecule has 0 spiro atoms. The first-order valence-electron chi connectivity index (χ1n) is 7.29. The van der Waals surface area contributed by atoms with Crippen LogP contribution >= 0.6 is 11.3 Å². The molecule has 0 atom stereocenters. The predicted octanol–water partition coefficient (Wildman–Crippen LogP) is 2.56. The van der Waals surface area contributed by atoms with Crippen LogP contribution in [0.5, 0.6) is 0 Å². The zero-order valence-corrected chi connectivity index (χ0v) is 12.2. The van der Waals surface area contributed by atoms with Crippen LogP contribution in [0, 0.1) is 5.92 Å². The summed E-state index contributed by atoms with van der Waals surface area (Å²) in [4.78, 5) is 27.4. The van der Waals surface area contributed by atoms with E-state index in [1.807, 2.05) is 4.90 Å². The van der Waals surface area contributed by atoms with Crippen molar-refractivity contribution in [1.29, 1.82) is 0 Å². The van der Waals surface area contributed by atoms with Crippen LogP contribution < -0.4 is 0 Å². The van der Waals surface area contributed by atoms with Crippen molar-refractivity contribution in [3.05, 3.63) is 21.4 Å². The maximum atomic E-state index is 12.5. The van der Waals surface area contributed by atoms with Gasteiger partial charge in [-0.3, -0.25) is 9.59 Å². The number of aliphatic carboxylic acids is 1. The van der Waals surface area contributed by atoms with Gasteiger partial charge in [-0.2, -0.15) is 0 Å². The molecule has 4 nitrogen and oxygen atoms in total. The van der Waals surface area contributed by atoms with E-state index in [2.05, 4.69) is 6.07 Å². The Morgan fingerprint density at radius 2 is 1.90 bits per heavy atom. The molecule has 1 aromatic heterocycles. The van der Waals surface area contributed by atoms with Crippen molar-refractivity contribution in [3.63, 3.8) is 0 Å². The highest BCUT2D eigenvalue weighted by Gasteiger charge is 2.28. The van der Waals surface area contributed by atoms with E-state index < -0.39 is 5.97 Å². The van der Waals surface area contributed by atoms with E-state index in [0.29, 0.717) is 25.9 Å². The molecule has 2 aliphatic rings. The summed E-state index contributed by atoms with van der Waals surface area (Å²) < 4.78 is 0. The van der Waals surface area contributed by atoms with Crippen LogP contribution in [0.3, 0.4) is 0 Å². The van der Waals surface area contributed by atoms with Crippen molar-refractivity contribution in [3.8, 4) is 0 Å². The molecule has 0 radical (unpaired) electrons. The van der Waals surface area contributed by atoms with Crippen LogP contribution in [0.15, 0.2) is 6.07 Å². The number of carboxylic acid groups (broad SMARTS) is 1. The molecule has 20 heavy (non-hydrogen) atoms. The number of hydrogen-bond donors (Lipinski definition) is 1. The lowest BCUT2D eigenvalue weighted by Gasteiger charge is -2.29. The molecular formula is C15H19NO3S. The maximum absolute atomic E-state index is 12.5. The van der Waals surface area contributed by atoms with E-state index in [4.69, 9.17) is 5.11 Å². The molecule has 2 heterocycles. The number of nitrogens with zero attached hydrogens (tertiary/aromatic N) is 1. The summed E-state index contributed by atoms with van der Waals surface area (Å²) in [6.07, 6.45) is 5.80. The lowest BCUT2D eigenvalue weighted by atomic mass is 9.97. The average Bonchev–Trinajstić information content (AvgIpc) is 2.90. The smallest absolute Gasteiger partial charge is 0.306 e. The summed E-state index contributed by atoms with van der Waals surface area (Å²) >= 11 is 1.64. The van der Waals surface area contributed by atoms with Gasteiger partial charge in [-0.05, 0) is 50.2 Å². The van der Waals surface area contributed by atoms with Gasteiger partial charge in [0.1, 0.15) is 0 Å². The fraction of sp³-hybridized carbons (Fsp3) is 0.600. The van der Waals surface area contributed by atoms with Crippen molar-refractivity contribution in [2.24, 2.45) is 5.92 Å². The minimum atomic E-state index is -0.733. The van der Waals surface area contributed by atoms with E-state index in [-0.39, 0.29) is 11.8 Å². The van der Waals surface area contributed by atoms with Crippen molar-refractivity contribution in [2.45, 2.75) is 38.5 Å². The van der Waals surface area contributed by atoms with Gasteiger partial charge in [0.25, 0.3) is 5.91 Å². The fourth-order valence-electron chi connectivity index (χ4n) is 3.08. The summed E-state index contributed by atoms with van der Waals surface area (Å²) in [5.74, 6) is -0.924. The van der Waals surface area contributed by atoms with E-state index in [9.17, 15) is 9.59 Å². The molecule has 5 heteroatoms. The first-order valence-corrected chi connectivity index (χ1v) is 8.10. The summed E-state index contributed by atoms with van der Waals surface area (Å²) in [7, 11) is 0. The molecule has 1 N–H and O–H groups in total. The van der Waals surface area contributed by atoms with Crippen molar-refractivity contribution < 1.29 is 14.7 Å². The number of hydrogen-bond acceptors (Lipinski definition) is 3. The van der Waals surface area contributed by atoms with Gasteiger partial charge >= 0.3 is 5.97 Å². The Bertz CT molecular complexity index is 506. The number of carbonyl (C=O) groups is 2. The third-order valence-electron chi connectivity index (χ3n) is 4.34. The monoisotopic (exact) mass is 293 g/mol. The average molecular weight is 293 g/mol. The van der Waals surface area contributed by atoms with Gasteiger partial charge in [0.15, 0.2) is 0 Å². The maximum Gasteiger partial charge on any atom is 0.306 e. The van der Waals surface area contributed by atoms with Gasteiger partial charge in [0.05, 0.1) is 10.8 Å². The summed E-state index contributed by atoms with van der Waals surface area (Å²) in [6, 6.07) is 2.06. The molecule has 1 amide bonds. The lowest BCUT2D eigenvalue weighted by molar-refractivity contribution is -0.143. The summed E-state index contributed by atoms with van der Waals surface area (Å²) in [6.45, 7) is 1.14. The highest BCUT2D eigenvalue weighted by atomic mass is 32.1. The van der Waals surface area contributed by atoms with Crippen LogP contribution in [0.25, 0.3) is 0 Å². The van der Waals surface area contributed by atoms with Crippen LogP contribution in [0.2, 0.25) is 0 Å². The fourth-order valence-corrected chi connectivity index (χ4v) is 4.30. The summed E-state index contributed by atoms with van der Waals surface area (Å²) in [5, 5.41) is 8.99. The second kappa shape index (κ2) is 5.56. The number of thiophene rings is 1. The quantitative estimate of drug-likeness (QED) is 0.911. The van der Waals surface area contributed by atoms with Gasteiger partial charge in [-0.15, -0.1) is 11.3 Å². The minimum Gasteiger partial charge on any atom is -0.481 e. The van der Waals surface area contributed by atoms with Crippen molar-refractivity contribution >= 4 is 23.2 Å². The molecular weight excluding hydrogens is 274 g/mol. The zero-order chi connectivity index (χ0) is 14.1. The van der Waals surface area contributed by atoms with Gasteiger partial charge in [-0.1, -0.05) is 0 Å². The van der Waals surface area contributed by atoms with E-state index in [1.54, 1.807) is 11.3 Å². The number of aryl methyl sites for hydroxylation is 2. The number of likely N-dealkylation sites (tertiary alicyclic amines) is 1. The molecule has 1 fully saturated rings. The van der Waals surface area contributed by atoms with Crippen LogP contribution in [0.4, 0.5) is 0 Å². The first-order chi connectivity index (χ1) is 9.65. The first kappa shape index (κ1) is 13.6. The van der Waals surface area contributed by atoms with Gasteiger partial charge in [-0.25, -0.2) is 0 Å². The molecule has 1 aliphatic carbocycles. The Balaban J connectivity index is 1.67. The highest BCUT2D eigenvalue weighted by Crippen LogP contribution is 2.31. The second-order valence-electron chi connectivity index (χ2n) is 5.67. The molecule has 0 saturated carbocycles. The zero-order valence-electron chi connectivity index (χ0n) is 11.4. The van der Waals surface area contributed by atoms with E-state index in [0.717, 1.165) is 17.7 Å². The molecule has 1 aromatic rings. The third kappa shape index (κ3) is 2.59. The van der Waals surface area contributed by atoms with Gasteiger partial charge in [0.2, 0.25) is 0 Å². The van der Waals surface area contributed by atoms with Crippen LogP contribution in [-0.2, 0) is 17.6 Å². The predicted molar refractivity (Wildman–Crippen MR) is 77.2 cm³/mol. The molecule has 3 rings (SSSR count). The van der Waals surface area contributed by atoms with Crippen molar-refractivity contribution in [2.75, 3.05) is 13.1 Å². The van der Waals surface area contributed by atoms with E-state index >= 15 is 0 Å². The molecule has 1 aliphatic heterocycles. The number of amides is 1. The van der Waals surface area contributed by atoms with Gasteiger partial charge in [0, 0.05) is 18.0 Å². The number of carbonyl (C=O) groups excluding carboxylic acids is 1. The van der Waals surface area contributed by atoms with Gasteiger partial charge < -0.3 is 10.0 Å². The Labute approximate surface area is 122 Å². The van der Waals surface area contributed by atoms with Crippen LogP contribution in [-0.4, -0.2) is 35.0 Å². The molecule has 0 bridgehead atoms. The standard InChI is InChI=1S/C15H19NO3S/c17-14(16-7-5-10(6-8-16)15(18)19)13-9-11-3-1-2-4-12(11)20-13/h9-10H,1-8H2,(H,18,19). The number of fused-ring (bicyclic) bond motifs is 1. The number of carboxylic acids is 1. The largest absolute Gasteiger partial charge is 0.481 e. The van der Waals surface area contributed by atoms with E-state index in [1.165, 1.54) is 23.3 Å². The highest BCUT2D eigenvalue weighted by molar-refractivity contribution is 7.14. The molecule has 0 unspecified atom stereocenters.